The van der Waals surface area contributed by atoms with Crippen LogP contribution in [0.2, 0.25) is 5.02 Å². The Morgan fingerprint density at radius 2 is 1.83 bits per heavy atom. The number of ketones is 1. The Morgan fingerprint density at radius 3 is 2.51 bits per heavy atom. The van der Waals surface area contributed by atoms with Crippen LogP contribution in [0.4, 0.5) is 4.39 Å². The maximum Gasteiger partial charge on any atom is 0.260 e. The second kappa shape index (κ2) is 11.6. The zero-order valence-electron chi connectivity index (χ0n) is 19.4. The van der Waals surface area contributed by atoms with Crippen LogP contribution in [-0.4, -0.2) is 61.3 Å². The van der Waals surface area contributed by atoms with Gasteiger partial charge in [-0.1, -0.05) is 11.6 Å². The van der Waals surface area contributed by atoms with Crippen molar-refractivity contribution in [2.45, 2.75) is 31.7 Å². The first-order valence-corrected chi connectivity index (χ1v) is 12.3. The summed E-state index contributed by atoms with van der Waals surface area (Å²) in [6.07, 6.45) is 2.95. The minimum Gasteiger partial charge on any atom is -0.483 e. The summed E-state index contributed by atoms with van der Waals surface area (Å²) in [6, 6.07) is 10.3. The molecule has 2 amide bonds. The van der Waals surface area contributed by atoms with Gasteiger partial charge in [-0.2, -0.15) is 0 Å². The van der Waals surface area contributed by atoms with Gasteiger partial charge in [-0.05, 0) is 74.7 Å². The van der Waals surface area contributed by atoms with Crippen LogP contribution in [0, 0.1) is 11.7 Å². The first kappa shape index (κ1) is 25.1. The number of carbonyl (C=O) groups is 3. The minimum atomic E-state index is -0.380. The minimum absolute atomic E-state index is 0.0293. The average Bonchev–Trinajstić information content (AvgIpc) is 2.88. The van der Waals surface area contributed by atoms with E-state index in [9.17, 15) is 18.8 Å². The Morgan fingerprint density at radius 1 is 1.09 bits per heavy atom. The molecule has 1 atom stereocenters. The lowest BCUT2D eigenvalue weighted by Crippen LogP contribution is -2.45. The van der Waals surface area contributed by atoms with E-state index in [-0.39, 0.29) is 42.0 Å². The molecular formula is C26H29ClFN3O4. The molecule has 9 heteroatoms. The van der Waals surface area contributed by atoms with Crippen molar-refractivity contribution in [2.24, 2.45) is 5.92 Å². The van der Waals surface area contributed by atoms with Gasteiger partial charge in [-0.15, -0.1) is 0 Å². The van der Waals surface area contributed by atoms with Crippen molar-refractivity contribution in [3.8, 4) is 5.75 Å². The van der Waals surface area contributed by atoms with Gasteiger partial charge in [0.15, 0.2) is 12.4 Å². The summed E-state index contributed by atoms with van der Waals surface area (Å²) in [5, 5.41) is 6.66. The molecule has 2 aromatic rings. The first-order chi connectivity index (χ1) is 16.9. The number of nitrogens with one attached hydrogen (secondary N) is 2. The molecule has 2 aliphatic heterocycles. The number of hydrogen-bond donors (Lipinski definition) is 2. The van der Waals surface area contributed by atoms with Gasteiger partial charge in [-0.25, -0.2) is 4.39 Å². The molecule has 0 bridgehead atoms. The highest BCUT2D eigenvalue weighted by atomic mass is 35.5. The maximum absolute atomic E-state index is 13.1. The van der Waals surface area contributed by atoms with E-state index in [0.29, 0.717) is 54.4 Å². The average molecular weight is 502 g/mol. The summed E-state index contributed by atoms with van der Waals surface area (Å²) in [6.45, 7) is 2.30. The van der Waals surface area contributed by atoms with Crippen molar-refractivity contribution < 1.29 is 23.5 Å². The van der Waals surface area contributed by atoms with Crippen LogP contribution in [0.3, 0.4) is 0 Å². The van der Waals surface area contributed by atoms with E-state index in [1.807, 2.05) is 0 Å². The van der Waals surface area contributed by atoms with Gasteiger partial charge in [0.05, 0.1) is 5.56 Å². The molecule has 0 radical (unpaired) electrons. The number of carbonyl (C=O) groups excluding carboxylic acids is 3. The third-order valence-electron chi connectivity index (χ3n) is 6.52. The highest BCUT2D eigenvalue weighted by Gasteiger charge is 2.28. The van der Waals surface area contributed by atoms with Crippen molar-refractivity contribution in [2.75, 3.05) is 32.8 Å². The summed E-state index contributed by atoms with van der Waals surface area (Å²) in [4.78, 5) is 39.9. The Hall–Kier alpha value is -2.97. The Labute approximate surface area is 209 Å². The van der Waals surface area contributed by atoms with Crippen LogP contribution < -0.4 is 15.4 Å². The second-order valence-corrected chi connectivity index (χ2v) is 9.41. The summed E-state index contributed by atoms with van der Waals surface area (Å²) < 4.78 is 18.9. The van der Waals surface area contributed by atoms with Gasteiger partial charge in [0.2, 0.25) is 0 Å². The Balaban J connectivity index is 1.30. The van der Waals surface area contributed by atoms with Crippen molar-refractivity contribution in [1.29, 1.82) is 0 Å². The van der Waals surface area contributed by atoms with Crippen LogP contribution in [-0.2, 0) is 4.79 Å². The fourth-order valence-electron chi connectivity index (χ4n) is 4.52. The first-order valence-electron chi connectivity index (χ1n) is 11.9. The van der Waals surface area contributed by atoms with Crippen molar-refractivity contribution in [3.63, 3.8) is 0 Å². The summed E-state index contributed by atoms with van der Waals surface area (Å²) in [7, 11) is 0. The number of piperidine rings is 2. The molecule has 0 spiro atoms. The second-order valence-electron chi connectivity index (χ2n) is 8.97. The maximum atomic E-state index is 13.1. The van der Waals surface area contributed by atoms with Gasteiger partial charge in [0.1, 0.15) is 11.6 Å². The molecule has 0 saturated carbocycles. The zero-order valence-corrected chi connectivity index (χ0v) is 20.2. The van der Waals surface area contributed by atoms with E-state index < -0.39 is 0 Å². The molecule has 2 saturated heterocycles. The molecule has 35 heavy (non-hydrogen) atoms. The smallest absolute Gasteiger partial charge is 0.260 e. The fraction of sp³-hybridized carbons (Fsp3) is 0.423. The van der Waals surface area contributed by atoms with Crippen LogP contribution in [0.25, 0.3) is 0 Å². The summed E-state index contributed by atoms with van der Waals surface area (Å²) >= 11 is 6.11. The molecule has 2 aliphatic rings. The zero-order chi connectivity index (χ0) is 24.8. The van der Waals surface area contributed by atoms with E-state index in [1.165, 1.54) is 24.3 Å². The van der Waals surface area contributed by atoms with Crippen LogP contribution >= 0.6 is 11.6 Å². The fourth-order valence-corrected chi connectivity index (χ4v) is 4.69. The van der Waals surface area contributed by atoms with Crippen molar-refractivity contribution in [1.82, 2.24) is 15.5 Å². The van der Waals surface area contributed by atoms with Gasteiger partial charge in [-0.3, -0.25) is 14.4 Å². The van der Waals surface area contributed by atoms with E-state index in [4.69, 9.17) is 16.3 Å². The molecule has 0 aliphatic carbocycles. The van der Waals surface area contributed by atoms with Gasteiger partial charge >= 0.3 is 0 Å². The van der Waals surface area contributed by atoms with E-state index in [0.717, 1.165) is 19.4 Å². The molecule has 0 aromatic heterocycles. The van der Waals surface area contributed by atoms with E-state index in [1.54, 1.807) is 23.1 Å². The highest BCUT2D eigenvalue weighted by Crippen LogP contribution is 2.25. The van der Waals surface area contributed by atoms with Gasteiger partial charge < -0.3 is 20.3 Å². The quantitative estimate of drug-likeness (QED) is 0.567. The van der Waals surface area contributed by atoms with Crippen LogP contribution in [0.1, 0.15) is 46.4 Å². The molecule has 1 unspecified atom stereocenters. The predicted molar refractivity (Wildman–Crippen MR) is 130 cm³/mol. The Kier molecular flexibility index (Phi) is 8.36. The molecule has 2 fully saturated rings. The van der Waals surface area contributed by atoms with E-state index in [2.05, 4.69) is 10.6 Å². The van der Waals surface area contributed by atoms with Gasteiger partial charge in [0, 0.05) is 42.2 Å². The molecule has 2 N–H and O–H groups in total. The molecular weight excluding hydrogens is 473 g/mol. The number of ether oxygens (including phenoxy) is 1. The third kappa shape index (κ3) is 6.58. The van der Waals surface area contributed by atoms with Crippen molar-refractivity contribution >= 4 is 29.2 Å². The number of rotatable bonds is 7. The number of hydrogen-bond acceptors (Lipinski definition) is 5. The lowest BCUT2D eigenvalue weighted by atomic mass is 9.89. The van der Waals surface area contributed by atoms with E-state index >= 15 is 0 Å². The molecule has 2 aromatic carbocycles. The summed E-state index contributed by atoms with van der Waals surface area (Å²) in [5.74, 6) is -0.816. The monoisotopic (exact) mass is 501 g/mol. The third-order valence-corrected chi connectivity index (χ3v) is 6.75. The Bertz CT molecular complexity index is 1060. The van der Waals surface area contributed by atoms with Crippen molar-refractivity contribution in [3.05, 3.63) is 64.4 Å². The molecule has 4 rings (SSSR count). The SMILES string of the molecule is O=C(NC1CCCNC1)c1cc(Cl)ccc1OCC(=O)N1CCC(C(=O)c2ccc(F)cc2)CC1. The molecule has 2 heterocycles. The number of amides is 2. The number of likely N-dealkylation sites (tertiary alicyclic amines) is 1. The lowest BCUT2D eigenvalue weighted by molar-refractivity contribution is -0.134. The van der Waals surface area contributed by atoms with Crippen LogP contribution in [0.5, 0.6) is 5.75 Å². The molecule has 7 nitrogen and oxygen atoms in total. The standard InChI is InChI=1S/C26H29ClFN3O4/c27-19-5-8-23(22(14-19)26(34)30-21-2-1-11-29-15-21)35-16-24(32)31-12-9-18(10-13-31)25(33)17-3-6-20(28)7-4-17/h3-8,14,18,21,29H,1-2,9-13,15-16H2,(H,30,34). The number of halogens is 2. The van der Waals surface area contributed by atoms with Crippen LogP contribution in [0.15, 0.2) is 42.5 Å². The largest absolute Gasteiger partial charge is 0.483 e. The van der Waals surface area contributed by atoms with Gasteiger partial charge in [0.25, 0.3) is 11.8 Å². The number of benzene rings is 2. The number of nitrogens with zero attached hydrogens (tertiary/aromatic N) is 1. The lowest BCUT2D eigenvalue weighted by Gasteiger charge is -2.31. The molecule has 186 valence electrons. The normalized spacial score (nSPS) is 18.7. The summed E-state index contributed by atoms with van der Waals surface area (Å²) in [5.41, 5.74) is 0.775. The number of Topliss-reactive ketones (excluding diaryl/α,β-unsaturated/α-hetero) is 1. The topological polar surface area (TPSA) is 87.7 Å². The highest BCUT2D eigenvalue weighted by molar-refractivity contribution is 6.31. The predicted octanol–water partition coefficient (Wildman–Crippen LogP) is 3.46.